The Morgan fingerprint density at radius 2 is 2.24 bits per heavy atom. The van der Waals surface area contributed by atoms with Gasteiger partial charge in [0, 0.05) is 23.2 Å². The fourth-order valence-corrected chi connectivity index (χ4v) is 3.84. The van der Waals surface area contributed by atoms with Crippen LogP contribution in [0.25, 0.3) is 0 Å². The first kappa shape index (κ1) is 16.4. The van der Waals surface area contributed by atoms with Crippen LogP contribution < -0.4 is 10.5 Å². The summed E-state index contributed by atoms with van der Waals surface area (Å²) in [4.78, 5) is 11.8. The minimum Gasteiger partial charge on any atom is -0.378 e. The largest absolute Gasteiger partial charge is 0.378 e. The molecule has 0 aromatic heterocycles. The van der Waals surface area contributed by atoms with E-state index in [1.807, 2.05) is 0 Å². The van der Waals surface area contributed by atoms with E-state index in [0.717, 1.165) is 19.4 Å². The van der Waals surface area contributed by atoms with Crippen molar-refractivity contribution >= 4 is 37.5 Å². The molecule has 3 N–H and O–H groups in total. The Bertz CT molecular complexity index is 627. The zero-order valence-corrected chi connectivity index (χ0v) is 13.7. The second-order valence-corrected chi connectivity index (χ2v) is 7.30. The Morgan fingerprint density at radius 3 is 2.81 bits per heavy atom. The maximum atomic E-state index is 11.8. The Kier molecular flexibility index (Phi) is 5.37. The summed E-state index contributed by atoms with van der Waals surface area (Å²) in [6.07, 6.45) is 3.30. The lowest BCUT2D eigenvalue weighted by Crippen LogP contribution is -2.16. The average Bonchev–Trinajstić information content (AvgIpc) is 2.88. The third-order valence-corrected chi connectivity index (χ3v) is 5.13. The number of rotatable bonds is 5. The molecule has 1 aromatic rings. The van der Waals surface area contributed by atoms with E-state index in [0.29, 0.717) is 23.0 Å². The minimum absolute atomic E-state index is 0.0140. The first-order chi connectivity index (χ1) is 9.86. The Hall–Kier alpha value is -0.960. The van der Waals surface area contributed by atoms with E-state index in [9.17, 15) is 13.2 Å². The van der Waals surface area contributed by atoms with Crippen molar-refractivity contribution in [2.45, 2.75) is 36.7 Å². The molecule has 1 unspecified atom stereocenters. The molecule has 0 saturated carbocycles. The number of nitrogens with one attached hydrogen (secondary N) is 1. The van der Waals surface area contributed by atoms with E-state index in [1.54, 1.807) is 0 Å². The van der Waals surface area contributed by atoms with Crippen LogP contribution in [0.5, 0.6) is 0 Å². The van der Waals surface area contributed by atoms with Crippen LogP contribution in [-0.4, -0.2) is 27.0 Å². The number of hydrogen-bond donors (Lipinski definition) is 2. The SMILES string of the molecule is NS(=O)(=O)c1ccc(NC(=O)CCC2CCCO2)cc1Br. The Morgan fingerprint density at radius 1 is 1.48 bits per heavy atom. The molecular weight excluding hydrogens is 360 g/mol. The molecule has 1 aromatic carbocycles. The summed E-state index contributed by atoms with van der Waals surface area (Å²) in [5, 5.41) is 7.79. The summed E-state index contributed by atoms with van der Waals surface area (Å²) >= 11 is 3.14. The number of hydrogen-bond acceptors (Lipinski definition) is 4. The molecule has 1 atom stereocenters. The molecule has 1 aliphatic heterocycles. The number of halogens is 1. The summed E-state index contributed by atoms with van der Waals surface area (Å²) in [6.45, 7) is 0.772. The van der Waals surface area contributed by atoms with Crippen LogP contribution in [0.4, 0.5) is 5.69 Å². The summed E-state index contributed by atoms with van der Waals surface area (Å²) in [5.41, 5.74) is 0.520. The number of primary sulfonamides is 1. The monoisotopic (exact) mass is 376 g/mol. The molecular formula is C13H17BrN2O4S. The lowest BCUT2D eigenvalue weighted by molar-refractivity contribution is -0.116. The van der Waals surface area contributed by atoms with Gasteiger partial charge in [-0.3, -0.25) is 4.79 Å². The lowest BCUT2D eigenvalue weighted by Gasteiger charge is -2.10. The summed E-state index contributed by atoms with van der Waals surface area (Å²) in [5.74, 6) is -0.124. The molecule has 0 radical (unpaired) electrons. The molecule has 1 saturated heterocycles. The van der Waals surface area contributed by atoms with Crippen molar-refractivity contribution in [1.82, 2.24) is 0 Å². The molecule has 8 heteroatoms. The number of benzene rings is 1. The number of nitrogens with two attached hydrogens (primary N) is 1. The van der Waals surface area contributed by atoms with Crippen LogP contribution in [0.1, 0.15) is 25.7 Å². The predicted molar refractivity (Wildman–Crippen MR) is 82.4 cm³/mol. The third kappa shape index (κ3) is 4.77. The number of carbonyl (C=O) groups is 1. The van der Waals surface area contributed by atoms with Crippen LogP contribution in [0.15, 0.2) is 27.6 Å². The molecule has 0 aliphatic carbocycles. The number of amides is 1. The number of anilines is 1. The van der Waals surface area contributed by atoms with Crippen molar-refractivity contribution in [3.8, 4) is 0 Å². The number of carbonyl (C=O) groups excluding carboxylic acids is 1. The van der Waals surface area contributed by atoms with E-state index < -0.39 is 10.0 Å². The molecule has 1 aliphatic rings. The molecule has 1 heterocycles. The van der Waals surface area contributed by atoms with Crippen LogP contribution in [0.3, 0.4) is 0 Å². The van der Waals surface area contributed by atoms with E-state index in [2.05, 4.69) is 21.2 Å². The highest BCUT2D eigenvalue weighted by Crippen LogP contribution is 2.25. The van der Waals surface area contributed by atoms with Gasteiger partial charge >= 0.3 is 0 Å². The van der Waals surface area contributed by atoms with Crippen molar-refractivity contribution < 1.29 is 17.9 Å². The van der Waals surface area contributed by atoms with Crippen LogP contribution in [0.2, 0.25) is 0 Å². The Labute approximate surface area is 132 Å². The lowest BCUT2D eigenvalue weighted by atomic mass is 10.1. The van der Waals surface area contributed by atoms with Crippen molar-refractivity contribution in [2.24, 2.45) is 5.14 Å². The van der Waals surface area contributed by atoms with Gasteiger partial charge < -0.3 is 10.1 Å². The highest BCUT2D eigenvalue weighted by molar-refractivity contribution is 9.10. The average molecular weight is 377 g/mol. The number of sulfonamides is 1. The van der Waals surface area contributed by atoms with Gasteiger partial charge in [0.05, 0.1) is 11.0 Å². The van der Waals surface area contributed by atoms with E-state index >= 15 is 0 Å². The fraction of sp³-hybridized carbons (Fsp3) is 0.462. The zero-order chi connectivity index (χ0) is 15.5. The molecule has 0 bridgehead atoms. The standard InChI is InChI=1S/C13H17BrN2O4S/c14-11-8-9(3-5-12(11)21(15,18)19)16-13(17)6-4-10-2-1-7-20-10/h3,5,8,10H,1-2,4,6-7H2,(H,16,17)(H2,15,18,19). The minimum atomic E-state index is -3.78. The van der Waals surface area contributed by atoms with Gasteiger partial charge in [0.2, 0.25) is 15.9 Å². The summed E-state index contributed by atoms with van der Waals surface area (Å²) in [6, 6.07) is 4.38. The maximum absolute atomic E-state index is 11.8. The quantitative estimate of drug-likeness (QED) is 0.820. The highest BCUT2D eigenvalue weighted by atomic mass is 79.9. The normalized spacial score (nSPS) is 18.7. The van der Waals surface area contributed by atoms with Crippen molar-refractivity contribution in [3.63, 3.8) is 0 Å². The van der Waals surface area contributed by atoms with Crippen LogP contribution >= 0.6 is 15.9 Å². The second kappa shape index (κ2) is 6.87. The van der Waals surface area contributed by atoms with Crippen LogP contribution in [-0.2, 0) is 19.6 Å². The van der Waals surface area contributed by atoms with Gasteiger partial charge in [0.15, 0.2) is 0 Å². The van der Waals surface area contributed by atoms with Gasteiger partial charge in [-0.1, -0.05) is 0 Å². The molecule has 0 spiro atoms. The highest BCUT2D eigenvalue weighted by Gasteiger charge is 2.17. The zero-order valence-electron chi connectivity index (χ0n) is 11.3. The summed E-state index contributed by atoms with van der Waals surface area (Å²) in [7, 11) is -3.78. The molecule has 2 rings (SSSR count). The molecule has 116 valence electrons. The first-order valence-electron chi connectivity index (χ1n) is 6.60. The van der Waals surface area contributed by atoms with Crippen molar-refractivity contribution in [3.05, 3.63) is 22.7 Å². The van der Waals surface area contributed by atoms with E-state index in [4.69, 9.17) is 9.88 Å². The molecule has 1 fully saturated rings. The fourth-order valence-electron chi connectivity index (χ4n) is 2.20. The van der Waals surface area contributed by atoms with Crippen LogP contribution in [0, 0.1) is 0 Å². The second-order valence-electron chi connectivity index (χ2n) is 4.91. The van der Waals surface area contributed by atoms with Crippen molar-refractivity contribution in [1.29, 1.82) is 0 Å². The Balaban J connectivity index is 1.93. The third-order valence-electron chi connectivity index (χ3n) is 3.24. The van der Waals surface area contributed by atoms with Gasteiger partial charge in [0.25, 0.3) is 0 Å². The smallest absolute Gasteiger partial charge is 0.239 e. The van der Waals surface area contributed by atoms with E-state index in [1.165, 1.54) is 18.2 Å². The maximum Gasteiger partial charge on any atom is 0.239 e. The number of ether oxygens (including phenoxy) is 1. The predicted octanol–water partition coefficient (Wildman–Crippen LogP) is 1.99. The van der Waals surface area contributed by atoms with Gasteiger partial charge in [-0.2, -0.15) is 0 Å². The van der Waals surface area contributed by atoms with E-state index in [-0.39, 0.29) is 16.9 Å². The van der Waals surface area contributed by atoms with Crippen molar-refractivity contribution in [2.75, 3.05) is 11.9 Å². The topological polar surface area (TPSA) is 98.5 Å². The molecule has 21 heavy (non-hydrogen) atoms. The molecule has 6 nitrogen and oxygen atoms in total. The van der Waals surface area contributed by atoms with Gasteiger partial charge in [-0.05, 0) is 53.4 Å². The molecule has 1 amide bonds. The first-order valence-corrected chi connectivity index (χ1v) is 8.94. The summed E-state index contributed by atoms with van der Waals surface area (Å²) < 4.78 is 28.3. The van der Waals surface area contributed by atoms with Gasteiger partial charge in [0.1, 0.15) is 0 Å². The van der Waals surface area contributed by atoms with Gasteiger partial charge in [-0.25, -0.2) is 13.6 Å². The van der Waals surface area contributed by atoms with Gasteiger partial charge in [-0.15, -0.1) is 0 Å².